The maximum atomic E-state index is 13.3. The topological polar surface area (TPSA) is 86.8 Å². The van der Waals surface area contributed by atoms with E-state index < -0.39 is 6.04 Å². The highest BCUT2D eigenvalue weighted by atomic mass is 35.5. The molecule has 2 aromatic rings. The number of halogens is 2. The van der Waals surface area contributed by atoms with E-state index in [-0.39, 0.29) is 49.6 Å². The molecule has 0 saturated carbocycles. The van der Waals surface area contributed by atoms with Gasteiger partial charge >= 0.3 is 0 Å². The number of hydrogen-bond acceptors (Lipinski definition) is 4. The van der Waals surface area contributed by atoms with Crippen molar-refractivity contribution in [2.45, 2.75) is 52.1 Å². The Morgan fingerprint density at radius 1 is 0.971 bits per heavy atom. The zero-order valence-corrected chi connectivity index (χ0v) is 21.4. The van der Waals surface area contributed by atoms with Crippen LogP contribution in [0.1, 0.15) is 65.8 Å². The highest BCUT2D eigenvalue weighted by molar-refractivity contribution is 6.36. The Morgan fingerprint density at radius 2 is 1.57 bits per heavy atom. The van der Waals surface area contributed by atoms with Crippen molar-refractivity contribution in [2.24, 2.45) is 0 Å². The number of benzene rings is 2. The predicted octanol–water partition coefficient (Wildman–Crippen LogP) is 4.70. The number of hydrogen-bond donors (Lipinski definition) is 1. The first-order chi connectivity index (χ1) is 16.8. The Balaban J connectivity index is 1.69. The van der Waals surface area contributed by atoms with E-state index in [2.05, 4.69) is 5.32 Å². The number of rotatable bonds is 11. The first-order valence-corrected chi connectivity index (χ1v) is 12.5. The standard InChI is InChI=1S/C26H29Cl2N3O4/c1-3-4-14-29-24(33)17(2)31(16-20-21(27)11-7-12-22(20)28)23(32)13-8-15-30-25(34)18-9-5-6-10-19(18)26(30)35/h5-7,9-12,17H,3-4,8,13-16H2,1-2H3,(H,29,33)/t17-/m1/s1. The van der Waals surface area contributed by atoms with Crippen LogP contribution < -0.4 is 5.32 Å². The number of carbonyl (C=O) groups is 4. The molecular weight excluding hydrogens is 489 g/mol. The normalized spacial score (nSPS) is 13.5. The molecule has 1 N–H and O–H groups in total. The number of nitrogens with one attached hydrogen (secondary N) is 1. The van der Waals surface area contributed by atoms with Crippen molar-refractivity contribution < 1.29 is 19.2 Å². The van der Waals surface area contributed by atoms with Crippen molar-refractivity contribution >= 4 is 46.8 Å². The van der Waals surface area contributed by atoms with Gasteiger partial charge in [0.05, 0.1) is 11.1 Å². The van der Waals surface area contributed by atoms with Crippen molar-refractivity contribution in [2.75, 3.05) is 13.1 Å². The molecule has 2 aromatic carbocycles. The summed E-state index contributed by atoms with van der Waals surface area (Å²) < 4.78 is 0. The first-order valence-electron chi connectivity index (χ1n) is 11.7. The van der Waals surface area contributed by atoms with Gasteiger partial charge in [-0.15, -0.1) is 0 Å². The van der Waals surface area contributed by atoms with Crippen LogP contribution in [-0.2, 0) is 16.1 Å². The van der Waals surface area contributed by atoms with Gasteiger partial charge in [-0.3, -0.25) is 24.1 Å². The molecule has 9 heteroatoms. The van der Waals surface area contributed by atoms with Crippen LogP contribution in [0.5, 0.6) is 0 Å². The minimum Gasteiger partial charge on any atom is -0.354 e. The van der Waals surface area contributed by atoms with E-state index in [0.29, 0.717) is 33.3 Å². The maximum Gasteiger partial charge on any atom is 0.261 e. The van der Waals surface area contributed by atoms with Crippen LogP contribution >= 0.6 is 23.2 Å². The van der Waals surface area contributed by atoms with Gasteiger partial charge in [-0.2, -0.15) is 0 Å². The maximum absolute atomic E-state index is 13.3. The monoisotopic (exact) mass is 517 g/mol. The molecule has 0 saturated heterocycles. The van der Waals surface area contributed by atoms with Crippen molar-refractivity contribution in [1.82, 2.24) is 15.1 Å². The van der Waals surface area contributed by atoms with Gasteiger partial charge in [-0.25, -0.2) is 0 Å². The fourth-order valence-corrected chi connectivity index (χ4v) is 4.46. The summed E-state index contributed by atoms with van der Waals surface area (Å²) in [6.45, 7) is 4.38. The van der Waals surface area contributed by atoms with Crippen molar-refractivity contribution in [3.05, 3.63) is 69.2 Å². The molecule has 0 bridgehead atoms. The van der Waals surface area contributed by atoms with Crippen LogP contribution in [0.4, 0.5) is 0 Å². The van der Waals surface area contributed by atoms with Gasteiger partial charge in [0.2, 0.25) is 11.8 Å². The Hall–Kier alpha value is -2.90. The number of imide groups is 1. The number of fused-ring (bicyclic) bond motifs is 1. The predicted molar refractivity (Wildman–Crippen MR) is 135 cm³/mol. The average Bonchev–Trinajstić information content (AvgIpc) is 3.08. The largest absolute Gasteiger partial charge is 0.354 e. The molecule has 35 heavy (non-hydrogen) atoms. The van der Waals surface area contributed by atoms with E-state index >= 15 is 0 Å². The molecule has 0 aliphatic carbocycles. The lowest BCUT2D eigenvalue weighted by Crippen LogP contribution is -2.48. The zero-order chi connectivity index (χ0) is 25.5. The molecule has 0 fully saturated rings. The van der Waals surface area contributed by atoms with Crippen LogP contribution in [-0.4, -0.2) is 52.6 Å². The summed E-state index contributed by atoms with van der Waals surface area (Å²) in [6, 6.07) is 11.0. The Bertz CT molecular complexity index is 1070. The van der Waals surface area contributed by atoms with Crippen molar-refractivity contribution in [3.63, 3.8) is 0 Å². The minimum absolute atomic E-state index is 0.0437. The van der Waals surface area contributed by atoms with Crippen molar-refractivity contribution in [3.8, 4) is 0 Å². The van der Waals surface area contributed by atoms with Gasteiger partial charge in [0.1, 0.15) is 6.04 Å². The van der Waals surface area contributed by atoms with Crippen LogP contribution in [0, 0.1) is 0 Å². The van der Waals surface area contributed by atoms with Crippen LogP contribution in [0.25, 0.3) is 0 Å². The van der Waals surface area contributed by atoms with E-state index in [9.17, 15) is 19.2 Å². The number of amides is 4. The number of carbonyl (C=O) groups excluding carboxylic acids is 4. The molecule has 1 atom stereocenters. The number of nitrogens with zero attached hydrogens (tertiary/aromatic N) is 2. The van der Waals surface area contributed by atoms with E-state index in [1.54, 1.807) is 49.4 Å². The summed E-state index contributed by atoms with van der Waals surface area (Å²) in [7, 11) is 0. The van der Waals surface area contributed by atoms with Crippen molar-refractivity contribution in [1.29, 1.82) is 0 Å². The molecule has 7 nitrogen and oxygen atoms in total. The molecule has 1 aliphatic rings. The van der Waals surface area contributed by atoms with Gasteiger partial charge in [0.25, 0.3) is 11.8 Å². The van der Waals surface area contributed by atoms with E-state index in [4.69, 9.17) is 23.2 Å². The summed E-state index contributed by atoms with van der Waals surface area (Å²) in [5.74, 6) is -1.28. The van der Waals surface area contributed by atoms with Gasteiger partial charge in [0.15, 0.2) is 0 Å². The fourth-order valence-electron chi connectivity index (χ4n) is 3.95. The zero-order valence-electron chi connectivity index (χ0n) is 19.9. The second-order valence-corrected chi connectivity index (χ2v) is 9.27. The Morgan fingerprint density at radius 3 is 2.14 bits per heavy atom. The number of unbranched alkanes of at least 4 members (excludes halogenated alkanes) is 1. The summed E-state index contributed by atoms with van der Waals surface area (Å²) in [6.07, 6.45) is 2.08. The molecule has 186 valence electrons. The van der Waals surface area contributed by atoms with Crippen LogP contribution in [0.3, 0.4) is 0 Å². The molecule has 0 spiro atoms. The van der Waals surface area contributed by atoms with Gasteiger partial charge in [-0.1, -0.05) is 54.7 Å². The fraction of sp³-hybridized carbons (Fsp3) is 0.385. The minimum atomic E-state index is -0.758. The van der Waals surface area contributed by atoms with Crippen LogP contribution in [0.2, 0.25) is 10.0 Å². The average molecular weight is 518 g/mol. The second kappa shape index (κ2) is 12.2. The third kappa shape index (κ3) is 6.21. The lowest BCUT2D eigenvalue weighted by Gasteiger charge is -2.29. The Kier molecular flexibility index (Phi) is 9.29. The van der Waals surface area contributed by atoms with E-state index in [1.807, 2.05) is 6.92 Å². The molecule has 0 aromatic heterocycles. The van der Waals surface area contributed by atoms with Gasteiger partial charge in [-0.05, 0) is 44.0 Å². The molecule has 0 unspecified atom stereocenters. The lowest BCUT2D eigenvalue weighted by atomic mass is 10.1. The lowest BCUT2D eigenvalue weighted by molar-refractivity contribution is -0.140. The van der Waals surface area contributed by atoms with Gasteiger partial charge in [0, 0.05) is 41.7 Å². The molecule has 3 rings (SSSR count). The summed E-state index contributed by atoms with van der Waals surface area (Å²) in [5.41, 5.74) is 1.30. The Labute approximate surface area is 215 Å². The molecule has 4 amide bonds. The van der Waals surface area contributed by atoms with E-state index in [1.165, 1.54) is 4.90 Å². The highest BCUT2D eigenvalue weighted by Gasteiger charge is 2.35. The summed E-state index contributed by atoms with van der Waals surface area (Å²) in [4.78, 5) is 53.8. The second-order valence-electron chi connectivity index (χ2n) is 8.45. The smallest absolute Gasteiger partial charge is 0.261 e. The molecule has 0 radical (unpaired) electrons. The van der Waals surface area contributed by atoms with Crippen LogP contribution in [0.15, 0.2) is 42.5 Å². The quantitative estimate of drug-likeness (QED) is 0.345. The SMILES string of the molecule is CCCCNC(=O)[C@@H](C)N(Cc1c(Cl)cccc1Cl)C(=O)CCCN1C(=O)c2ccccc2C1=O. The first kappa shape index (κ1) is 26.7. The van der Waals surface area contributed by atoms with E-state index in [0.717, 1.165) is 17.7 Å². The third-order valence-electron chi connectivity index (χ3n) is 6.04. The van der Waals surface area contributed by atoms with Gasteiger partial charge < -0.3 is 10.2 Å². The molecule has 1 aliphatic heterocycles. The molecule has 1 heterocycles. The summed E-state index contributed by atoms with van der Waals surface area (Å²) in [5, 5.41) is 3.67. The third-order valence-corrected chi connectivity index (χ3v) is 6.75. The molecular formula is C26H29Cl2N3O4. The summed E-state index contributed by atoms with van der Waals surface area (Å²) >= 11 is 12.7. The highest BCUT2D eigenvalue weighted by Crippen LogP contribution is 2.27.